The number of nitrogens with one attached hydrogen (secondary N) is 1. The van der Waals surface area contributed by atoms with E-state index in [9.17, 15) is 4.79 Å². The number of allylic oxidation sites excluding steroid dienone is 1. The molecule has 0 atom stereocenters. The first-order valence-corrected chi connectivity index (χ1v) is 5.88. The molecular formula is C14H24N2O. The van der Waals surface area contributed by atoms with Gasteiger partial charge in [0, 0.05) is 18.7 Å². The number of rotatable bonds is 6. The van der Waals surface area contributed by atoms with Gasteiger partial charge in [0.2, 0.25) is 0 Å². The van der Waals surface area contributed by atoms with E-state index in [-0.39, 0.29) is 5.91 Å². The van der Waals surface area contributed by atoms with Crippen LogP contribution in [0.2, 0.25) is 0 Å². The molecular weight excluding hydrogens is 212 g/mol. The average molecular weight is 236 g/mol. The van der Waals surface area contributed by atoms with Crippen LogP contribution in [-0.2, 0) is 4.79 Å². The molecule has 0 saturated heterocycles. The zero-order chi connectivity index (χ0) is 13.4. The molecule has 0 aliphatic heterocycles. The van der Waals surface area contributed by atoms with Crippen molar-refractivity contribution in [1.29, 1.82) is 0 Å². The van der Waals surface area contributed by atoms with E-state index in [1.54, 1.807) is 0 Å². The van der Waals surface area contributed by atoms with Crippen molar-refractivity contribution in [1.82, 2.24) is 10.2 Å². The van der Waals surface area contributed by atoms with Crippen LogP contribution in [0.5, 0.6) is 0 Å². The van der Waals surface area contributed by atoms with Crippen LogP contribution in [0, 0.1) is 0 Å². The third-order valence-electron chi connectivity index (χ3n) is 2.24. The fourth-order valence-corrected chi connectivity index (χ4v) is 1.41. The predicted molar refractivity (Wildman–Crippen MR) is 73.9 cm³/mol. The first-order chi connectivity index (χ1) is 7.92. The third kappa shape index (κ3) is 6.07. The number of carbonyl (C=O) groups is 1. The molecule has 3 heteroatoms. The molecule has 0 fully saturated rings. The fourth-order valence-electron chi connectivity index (χ4n) is 1.41. The van der Waals surface area contributed by atoms with Crippen molar-refractivity contribution in [3.8, 4) is 0 Å². The number of carbonyl (C=O) groups excluding carboxylic acids is 1. The average Bonchev–Trinajstić information content (AvgIpc) is 2.23. The molecule has 0 rings (SSSR count). The summed E-state index contributed by atoms with van der Waals surface area (Å²) < 4.78 is 0. The van der Waals surface area contributed by atoms with E-state index < -0.39 is 0 Å². The number of likely N-dealkylation sites (N-methyl/N-ethyl adjacent to an activating group) is 2. The molecule has 0 bridgehead atoms. The maximum Gasteiger partial charge on any atom is 0.251 e. The molecule has 0 aliphatic carbocycles. The van der Waals surface area contributed by atoms with Gasteiger partial charge in [0.15, 0.2) is 0 Å². The zero-order valence-electron chi connectivity index (χ0n) is 11.6. The van der Waals surface area contributed by atoms with Crippen LogP contribution in [0.3, 0.4) is 0 Å². The minimum Gasteiger partial charge on any atom is -0.352 e. The maximum atomic E-state index is 11.8. The number of nitrogens with zero attached hydrogens (tertiary/aromatic N) is 1. The van der Waals surface area contributed by atoms with Gasteiger partial charge >= 0.3 is 0 Å². The first-order valence-electron chi connectivity index (χ1n) is 5.88. The van der Waals surface area contributed by atoms with E-state index in [0.717, 1.165) is 17.7 Å². The highest BCUT2D eigenvalue weighted by Crippen LogP contribution is 2.11. The third-order valence-corrected chi connectivity index (χ3v) is 2.24. The predicted octanol–water partition coefficient (Wildman–Crippen LogP) is 2.13. The second-order valence-electron chi connectivity index (χ2n) is 4.30. The molecule has 0 aromatic rings. The molecule has 0 saturated carbocycles. The summed E-state index contributed by atoms with van der Waals surface area (Å²) in [7, 11) is 4.01. The van der Waals surface area contributed by atoms with Crippen molar-refractivity contribution in [2.45, 2.75) is 20.8 Å². The molecule has 0 aliphatic rings. The Balaban J connectivity index is 5.03. The summed E-state index contributed by atoms with van der Waals surface area (Å²) in [5.74, 6) is -0.0573. The summed E-state index contributed by atoms with van der Waals surface area (Å²) in [6.07, 6.45) is 3.93. The van der Waals surface area contributed by atoms with Crippen molar-refractivity contribution in [3.63, 3.8) is 0 Å². The van der Waals surface area contributed by atoms with Crippen molar-refractivity contribution >= 4 is 5.91 Å². The van der Waals surface area contributed by atoms with Gasteiger partial charge in [0.05, 0.1) is 0 Å². The summed E-state index contributed by atoms with van der Waals surface area (Å²) in [6.45, 7) is 11.0. The maximum absolute atomic E-state index is 11.8. The van der Waals surface area contributed by atoms with Crippen LogP contribution in [0.4, 0.5) is 0 Å². The largest absolute Gasteiger partial charge is 0.352 e. The lowest BCUT2D eigenvalue weighted by Gasteiger charge is -2.13. The van der Waals surface area contributed by atoms with Crippen LogP contribution in [-0.4, -0.2) is 38.0 Å². The second-order valence-corrected chi connectivity index (χ2v) is 4.30. The summed E-state index contributed by atoms with van der Waals surface area (Å²) in [5, 5.41) is 2.80. The Kier molecular flexibility index (Phi) is 7.22. The zero-order valence-corrected chi connectivity index (χ0v) is 11.6. The first kappa shape index (κ1) is 15.7. The van der Waals surface area contributed by atoms with Crippen LogP contribution >= 0.6 is 0 Å². The van der Waals surface area contributed by atoms with Gasteiger partial charge in [-0.25, -0.2) is 0 Å². The molecule has 0 unspecified atom stereocenters. The smallest absolute Gasteiger partial charge is 0.251 e. The standard InChI is InChI=1S/C14H24N2O/c1-7-12(10-16(5)6)9-13(11(3)4)14(17)15-8-2/h7,9H,3,8,10H2,1-2,4-6H3,(H,15,17)/b12-7+,13-9+. The Labute approximate surface area is 105 Å². The van der Waals surface area contributed by atoms with Crippen molar-refractivity contribution in [3.05, 3.63) is 35.5 Å². The Morgan fingerprint density at radius 2 is 2.00 bits per heavy atom. The van der Waals surface area contributed by atoms with Crippen LogP contribution in [0.15, 0.2) is 35.5 Å². The van der Waals surface area contributed by atoms with Crippen LogP contribution in [0.1, 0.15) is 20.8 Å². The highest BCUT2D eigenvalue weighted by molar-refractivity contribution is 5.97. The topological polar surface area (TPSA) is 32.3 Å². The molecule has 0 spiro atoms. The van der Waals surface area contributed by atoms with Gasteiger partial charge in [-0.3, -0.25) is 4.79 Å². The molecule has 0 aromatic carbocycles. The van der Waals surface area contributed by atoms with Crippen LogP contribution in [0.25, 0.3) is 0 Å². The van der Waals surface area contributed by atoms with Crippen molar-refractivity contribution in [2.24, 2.45) is 0 Å². The van der Waals surface area contributed by atoms with Gasteiger partial charge in [0.25, 0.3) is 5.91 Å². The Morgan fingerprint density at radius 1 is 1.41 bits per heavy atom. The highest BCUT2D eigenvalue weighted by Gasteiger charge is 2.09. The fraction of sp³-hybridized carbons (Fsp3) is 0.500. The number of amides is 1. The molecule has 1 amide bonds. The molecule has 0 radical (unpaired) electrons. The molecule has 96 valence electrons. The van der Waals surface area contributed by atoms with Gasteiger partial charge in [-0.15, -0.1) is 0 Å². The monoisotopic (exact) mass is 236 g/mol. The summed E-state index contributed by atoms with van der Waals surface area (Å²) in [4.78, 5) is 13.9. The molecule has 1 N–H and O–H groups in total. The van der Waals surface area contributed by atoms with E-state index in [0.29, 0.717) is 12.1 Å². The minimum atomic E-state index is -0.0573. The van der Waals surface area contributed by atoms with Gasteiger partial charge in [-0.2, -0.15) is 0 Å². The lowest BCUT2D eigenvalue weighted by atomic mass is 10.0. The normalized spacial score (nSPS) is 12.8. The lowest BCUT2D eigenvalue weighted by molar-refractivity contribution is -0.117. The molecule has 3 nitrogen and oxygen atoms in total. The lowest BCUT2D eigenvalue weighted by Crippen LogP contribution is -2.25. The highest BCUT2D eigenvalue weighted by atomic mass is 16.1. The van der Waals surface area contributed by atoms with Gasteiger partial charge in [0.1, 0.15) is 0 Å². The van der Waals surface area contributed by atoms with E-state index >= 15 is 0 Å². The van der Waals surface area contributed by atoms with E-state index in [1.807, 2.05) is 47.0 Å². The van der Waals surface area contributed by atoms with Crippen molar-refractivity contribution < 1.29 is 4.79 Å². The van der Waals surface area contributed by atoms with E-state index in [2.05, 4.69) is 16.8 Å². The Hall–Kier alpha value is -1.35. The van der Waals surface area contributed by atoms with Crippen molar-refractivity contribution in [2.75, 3.05) is 27.2 Å². The van der Waals surface area contributed by atoms with E-state index in [4.69, 9.17) is 0 Å². The summed E-state index contributed by atoms with van der Waals surface area (Å²) in [6, 6.07) is 0. The molecule has 0 aromatic heterocycles. The van der Waals surface area contributed by atoms with Gasteiger partial charge in [-0.1, -0.05) is 12.7 Å². The second kappa shape index (κ2) is 7.85. The Bertz CT molecular complexity index is 338. The molecule has 0 heterocycles. The Morgan fingerprint density at radius 3 is 2.35 bits per heavy atom. The summed E-state index contributed by atoms with van der Waals surface area (Å²) in [5.41, 5.74) is 2.55. The van der Waals surface area contributed by atoms with E-state index in [1.165, 1.54) is 0 Å². The minimum absolute atomic E-state index is 0.0573. The SMILES string of the molecule is C=C(C)/C(=C\C(=C/C)CN(C)C)C(=O)NCC. The molecule has 17 heavy (non-hydrogen) atoms. The quantitative estimate of drug-likeness (QED) is 0.566. The van der Waals surface area contributed by atoms with Gasteiger partial charge in [-0.05, 0) is 52.1 Å². The van der Waals surface area contributed by atoms with Crippen LogP contribution < -0.4 is 5.32 Å². The van der Waals surface area contributed by atoms with Gasteiger partial charge < -0.3 is 10.2 Å². The number of hydrogen-bond acceptors (Lipinski definition) is 2. The number of hydrogen-bond donors (Lipinski definition) is 1. The summed E-state index contributed by atoms with van der Waals surface area (Å²) >= 11 is 0.